The largest absolute Gasteiger partial charge is 0.357 e. The average molecular weight is 361 g/mol. The maximum Gasteiger partial charge on any atom is 0.193 e. The molecule has 0 radical (unpaired) electrons. The lowest BCUT2D eigenvalue weighted by Crippen LogP contribution is -2.40. The molecule has 2 saturated heterocycles. The van der Waals surface area contributed by atoms with E-state index >= 15 is 0 Å². The van der Waals surface area contributed by atoms with Gasteiger partial charge in [-0.2, -0.15) is 5.10 Å². The van der Waals surface area contributed by atoms with Gasteiger partial charge in [0.05, 0.1) is 6.20 Å². The highest BCUT2D eigenvalue weighted by atomic mass is 15.3. The van der Waals surface area contributed by atoms with Crippen LogP contribution in [0.25, 0.3) is 0 Å². The van der Waals surface area contributed by atoms with E-state index in [1.165, 1.54) is 50.9 Å². The first-order valence-electron chi connectivity index (χ1n) is 10.4. The Morgan fingerprint density at radius 1 is 1.31 bits per heavy atom. The van der Waals surface area contributed by atoms with Crippen LogP contribution in [0.2, 0.25) is 0 Å². The van der Waals surface area contributed by atoms with E-state index in [4.69, 9.17) is 4.99 Å². The zero-order chi connectivity index (χ0) is 18.4. The highest BCUT2D eigenvalue weighted by Crippen LogP contribution is 2.26. The smallest absolute Gasteiger partial charge is 0.193 e. The minimum Gasteiger partial charge on any atom is -0.357 e. The Kier molecular flexibility index (Phi) is 6.94. The molecule has 0 aliphatic carbocycles. The SMILES string of the molecule is CCNC(=NCC(C)CN1CCCCC1)N1CCC(c2cnn(C)c2)C1. The lowest BCUT2D eigenvalue weighted by atomic mass is 10.0. The number of likely N-dealkylation sites (tertiary alicyclic amines) is 2. The first-order chi connectivity index (χ1) is 12.7. The molecule has 1 N–H and O–H groups in total. The van der Waals surface area contributed by atoms with E-state index in [1.54, 1.807) is 0 Å². The van der Waals surface area contributed by atoms with Crippen molar-refractivity contribution in [2.45, 2.75) is 45.4 Å². The average Bonchev–Trinajstić information content (AvgIpc) is 3.28. The minimum absolute atomic E-state index is 0.568. The van der Waals surface area contributed by atoms with E-state index in [0.717, 1.165) is 32.1 Å². The van der Waals surface area contributed by atoms with Gasteiger partial charge >= 0.3 is 0 Å². The molecule has 1 aromatic rings. The molecule has 0 aromatic carbocycles. The van der Waals surface area contributed by atoms with E-state index in [-0.39, 0.29) is 0 Å². The van der Waals surface area contributed by atoms with Crippen LogP contribution in [0.4, 0.5) is 0 Å². The summed E-state index contributed by atoms with van der Waals surface area (Å²) in [6.07, 6.45) is 9.47. The third-order valence-electron chi connectivity index (χ3n) is 5.59. The Labute approximate surface area is 158 Å². The Hall–Kier alpha value is -1.56. The summed E-state index contributed by atoms with van der Waals surface area (Å²) in [6.45, 7) is 12.2. The van der Waals surface area contributed by atoms with Gasteiger partial charge in [0, 0.05) is 51.9 Å². The normalized spacial score (nSPS) is 23.4. The summed E-state index contributed by atoms with van der Waals surface area (Å²) in [4.78, 5) is 10.0. The first-order valence-corrected chi connectivity index (χ1v) is 10.4. The number of guanidine groups is 1. The number of rotatable bonds is 6. The van der Waals surface area contributed by atoms with Crippen LogP contribution in [0.5, 0.6) is 0 Å². The predicted octanol–water partition coefficient (Wildman–Crippen LogP) is 2.30. The van der Waals surface area contributed by atoms with Gasteiger partial charge in [-0.25, -0.2) is 0 Å². The minimum atomic E-state index is 0.568. The molecule has 6 heteroatoms. The zero-order valence-corrected chi connectivity index (χ0v) is 16.8. The van der Waals surface area contributed by atoms with E-state index < -0.39 is 0 Å². The number of aryl methyl sites for hydroxylation is 1. The van der Waals surface area contributed by atoms with Crippen molar-refractivity contribution < 1.29 is 0 Å². The van der Waals surface area contributed by atoms with E-state index in [9.17, 15) is 0 Å². The highest BCUT2D eigenvalue weighted by Gasteiger charge is 2.27. The van der Waals surface area contributed by atoms with Crippen molar-refractivity contribution in [3.05, 3.63) is 18.0 Å². The molecule has 2 fully saturated rings. The summed E-state index contributed by atoms with van der Waals surface area (Å²) in [5, 5.41) is 7.83. The van der Waals surface area contributed by atoms with Gasteiger partial charge in [-0.3, -0.25) is 9.67 Å². The van der Waals surface area contributed by atoms with Crippen molar-refractivity contribution in [3.8, 4) is 0 Å². The van der Waals surface area contributed by atoms with Crippen LogP contribution in [-0.4, -0.2) is 71.4 Å². The summed E-state index contributed by atoms with van der Waals surface area (Å²) >= 11 is 0. The summed E-state index contributed by atoms with van der Waals surface area (Å²) in [5.41, 5.74) is 1.35. The fourth-order valence-corrected chi connectivity index (χ4v) is 4.18. The van der Waals surface area contributed by atoms with Crippen molar-refractivity contribution in [2.75, 3.05) is 45.8 Å². The van der Waals surface area contributed by atoms with E-state index in [2.05, 4.69) is 40.3 Å². The van der Waals surface area contributed by atoms with Gasteiger partial charge in [-0.15, -0.1) is 0 Å². The van der Waals surface area contributed by atoms with Crippen LogP contribution in [0.1, 0.15) is 51.0 Å². The number of nitrogens with zero attached hydrogens (tertiary/aromatic N) is 5. The summed E-state index contributed by atoms with van der Waals surface area (Å²) in [6, 6.07) is 0. The molecule has 2 aliphatic heterocycles. The predicted molar refractivity (Wildman–Crippen MR) is 108 cm³/mol. The van der Waals surface area contributed by atoms with Crippen LogP contribution in [-0.2, 0) is 7.05 Å². The molecule has 6 nitrogen and oxygen atoms in total. The molecule has 146 valence electrons. The monoisotopic (exact) mass is 360 g/mol. The van der Waals surface area contributed by atoms with Gasteiger partial charge in [-0.05, 0) is 50.8 Å². The van der Waals surface area contributed by atoms with Crippen LogP contribution in [0, 0.1) is 5.92 Å². The third kappa shape index (κ3) is 5.22. The second-order valence-corrected chi connectivity index (χ2v) is 8.04. The van der Waals surface area contributed by atoms with Gasteiger partial charge in [0.25, 0.3) is 0 Å². The molecule has 1 aromatic heterocycles. The molecule has 2 unspecified atom stereocenters. The Balaban J connectivity index is 1.53. The van der Waals surface area contributed by atoms with Crippen LogP contribution >= 0.6 is 0 Å². The highest BCUT2D eigenvalue weighted by molar-refractivity contribution is 5.80. The van der Waals surface area contributed by atoms with Gasteiger partial charge < -0.3 is 15.1 Å². The maximum atomic E-state index is 4.98. The molecular weight excluding hydrogens is 324 g/mol. The van der Waals surface area contributed by atoms with E-state index in [1.807, 2.05) is 17.9 Å². The van der Waals surface area contributed by atoms with Crippen molar-refractivity contribution in [2.24, 2.45) is 18.0 Å². The second-order valence-electron chi connectivity index (χ2n) is 8.04. The van der Waals surface area contributed by atoms with Crippen molar-refractivity contribution in [1.82, 2.24) is 24.9 Å². The lowest BCUT2D eigenvalue weighted by molar-refractivity contribution is 0.202. The molecule has 0 bridgehead atoms. The lowest BCUT2D eigenvalue weighted by Gasteiger charge is -2.29. The molecule has 3 heterocycles. The molecule has 0 saturated carbocycles. The van der Waals surface area contributed by atoms with Crippen LogP contribution in [0.3, 0.4) is 0 Å². The summed E-state index contributed by atoms with van der Waals surface area (Å²) in [7, 11) is 1.99. The van der Waals surface area contributed by atoms with Gasteiger partial charge in [-0.1, -0.05) is 13.3 Å². The van der Waals surface area contributed by atoms with Crippen LogP contribution < -0.4 is 5.32 Å². The number of aromatic nitrogens is 2. The van der Waals surface area contributed by atoms with Crippen molar-refractivity contribution in [3.63, 3.8) is 0 Å². The van der Waals surface area contributed by atoms with Gasteiger partial charge in [0.15, 0.2) is 5.96 Å². The first kappa shape index (κ1) is 19.2. The van der Waals surface area contributed by atoms with Gasteiger partial charge in [0.2, 0.25) is 0 Å². The topological polar surface area (TPSA) is 48.7 Å². The Bertz CT molecular complexity index is 575. The van der Waals surface area contributed by atoms with Crippen molar-refractivity contribution >= 4 is 5.96 Å². The fraction of sp³-hybridized carbons (Fsp3) is 0.800. The number of nitrogens with one attached hydrogen (secondary N) is 1. The molecule has 2 aliphatic rings. The maximum absolute atomic E-state index is 4.98. The molecule has 26 heavy (non-hydrogen) atoms. The number of piperidine rings is 1. The van der Waals surface area contributed by atoms with E-state index in [0.29, 0.717) is 11.8 Å². The van der Waals surface area contributed by atoms with Crippen LogP contribution in [0.15, 0.2) is 17.4 Å². The molecule has 0 amide bonds. The quantitative estimate of drug-likeness (QED) is 0.625. The summed E-state index contributed by atoms with van der Waals surface area (Å²) in [5.74, 6) is 2.26. The molecule has 0 spiro atoms. The summed E-state index contributed by atoms with van der Waals surface area (Å²) < 4.78 is 1.90. The molecular formula is C20H36N6. The number of hydrogen-bond acceptors (Lipinski definition) is 3. The third-order valence-corrected chi connectivity index (χ3v) is 5.59. The Morgan fingerprint density at radius 2 is 2.12 bits per heavy atom. The standard InChI is InChI=1S/C20H36N6/c1-4-21-20(22-12-17(2)14-25-9-6-5-7-10-25)26-11-8-18(16-26)19-13-23-24(3)15-19/h13,15,17-18H,4-12,14,16H2,1-3H3,(H,21,22). The van der Waals surface area contributed by atoms with Gasteiger partial charge in [0.1, 0.15) is 0 Å². The Morgan fingerprint density at radius 3 is 2.81 bits per heavy atom. The second kappa shape index (κ2) is 9.40. The number of hydrogen-bond donors (Lipinski definition) is 1. The fourth-order valence-electron chi connectivity index (χ4n) is 4.18. The van der Waals surface area contributed by atoms with Crippen molar-refractivity contribution in [1.29, 1.82) is 0 Å². The number of aliphatic imine (C=N–C) groups is 1. The zero-order valence-electron chi connectivity index (χ0n) is 16.8. The molecule has 3 rings (SSSR count). The molecule has 2 atom stereocenters.